The van der Waals surface area contributed by atoms with Crippen LogP contribution in [0.3, 0.4) is 0 Å². The molecule has 6 nitrogen and oxygen atoms in total. The van der Waals surface area contributed by atoms with Crippen LogP contribution in [-0.2, 0) is 21.3 Å². The maximum absolute atomic E-state index is 14.7. The van der Waals surface area contributed by atoms with Gasteiger partial charge in [-0.05, 0) is 41.5 Å². The maximum Gasteiger partial charge on any atom is 0.410 e. The Hall–Kier alpha value is -0.900. The van der Waals surface area contributed by atoms with Gasteiger partial charge in [-0.3, -0.25) is 0 Å². The number of thiophene rings is 1. The molecule has 0 fully saturated rings. The third kappa shape index (κ3) is 6.40. The van der Waals surface area contributed by atoms with E-state index in [0.29, 0.717) is 11.3 Å². The van der Waals surface area contributed by atoms with Crippen molar-refractivity contribution < 1.29 is 22.3 Å². The second-order valence-electron chi connectivity index (χ2n) is 7.65. The summed E-state index contributed by atoms with van der Waals surface area (Å²) in [7, 11) is -2.64. The zero-order valence-corrected chi connectivity index (χ0v) is 17.7. The molecule has 0 aliphatic rings. The summed E-state index contributed by atoms with van der Waals surface area (Å²) < 4.78 is 46.4. The molecular formula is C15H24ClFN2O4S2. The molecule has 0 bridgehead atoms. The Balaban J connectivity index is 3.09. The van der Waals surface area contributed by atoms with Crippen molar-refractivity contribution >= 4 is 39.1 Å². The minimum Gasteiger partial charge on any atom is -0.444 e. The molecule has 1 heterocycles. The first-order chi connectivity index (χ1) is 11.0. The summed E-state index contributed by atoms with van der Waals surface area (Å²) in [6, 6.07) is 0. The molecule has 25 heavy (non-hydrogen) atoms. The van der Waals surface area contributed by atoms with Crippen LogP contribution < -0.4 is 4.72 Å². The van der Waals surface area contributed by atoms with Crippen molar-refractivity contribution in [2.75, 3.05) is 7.05 Å². The van der Waals surface area contributed by atoms with Gasteiger partial charge < -0.3 is 9.64 Å². The Morgan fingerprint density at radius 3 is 2.24 bits per heavy atom. The molecule has 0 unspecified atom stereocenters. The Kier molecular flexibility index (Phi) is 6.54. The molecule has 1 rings (SSSR count). The molecule has 0 spiro atoms. The summed E-state index contributed by atoms with van der Waals surface area (Å²) in [5.74, 6) is -0.956. The maximum atomic E-state index is 14.7. The standard InChI is InChI=1S/C15H24ClFN2O4S2/c1-14(2,3)18-25(21,22)12-10(17)9(11(16)24-12)8-19(7)13(20)23-15(4,5)6/h18H,8H2,1-7H3. The molecule has 0 saturated heterocycles. The van der Waals surface area contributed by atoms with Crippen molar-refractivity contribution in [3.63, 3.8) is 0 Å². The van der Waals surface area contributed by atoms with Gasteiger partial charge in [-0.2, -0.15) is 0 Å². The van der Waals surface area contributed by atoms with Gasteiger partial charge in [0, 0.05) is 18.2 Å². The van der Waals surface area contributed by atoms with Gasteiger partial charge >= 0.3 is 6.09 Å². The molecule has 0 aliphatic carbocycles. The zero-order valence-electron chi connectivity index (χ0n) is 15.4. The monoisotopic (exact) mass is 414 g/mol. The number of hydrogen-bond donors (Lipinski definition) is 1. The predicted molar refractivity (Wildman–Crippen MR) is 97.1 cm³/mol. The van der Waals surface area contributed by atoms with Crippen LogP contribution in [-0.4, -0.2) is 37.6 Å². The van der Waals surface area contributed by atoms with E-state index in [1.165, 1.54) is 7.05 Å². The Morgan fingerprint density at radius 2 is 1.80 bits per heavy atom. The second kappa shape index (κ2) is 7.38. The SMILES string of the molecule is CN(Cc1c(Cl)sc(S(=O)(=O)NC(C)(C)C)c1F)C(=O)OC(C)(C)C. The predicted octanol–water partition coefficient (Wildman–Crippen LogP) is 3.98. The van der Waals surface area contributed by atoms with Crippen LogP contribution in [0.1, 0.15) is 47.1 Å². The van der Waals surface area contributed by atoms with E-state index in [-0.39, 0.29) is 16.4 Å². The number of halogens is 2. The van der Waals surface area contributed by atoms with Crippen LogP contribution in [0.25, 0.3) is 0 Å². The normalized spacial score (nSPS) is 13.0. The number of nitrogens with zero attached hydrogens (tertiary/aromatic N) is 1. The quantitative estimate of drug-likeness (QED) is 0.808. The Morgan fingerprint density at radius 1 is 1.28 bits per heavy atom. The number of carbonyl (C=O) groups is 1. The minimum absolute atomic E-state index is 0.0257. The van der Waals surface area contributed by atoms with E-state index in [9.17, 15) is 17.6 Å². The molecule has 0 radical (unpaired) electrons. The number of rotatable bonds is 4. The third-order valence-electron chi connectivity index (χ3n) is 2.65. The summed E-state index contributed by atoms with van der Waals surface area (Å²) in [6.45, 7) is 9.86. The molecule has 1 aromatic rings. The van der Waals surface area contributed by atoms with Gasteiger partial charge in [-0.25, -0.2) is 22.3 Å². The lowest BCUT2D eigenvalue weighted by atomic mass is 10.1. The van der Waals surface area contributed by atoms with E-state index in [1.54, 1.807) is 41.5 Å². The number of hydrogen-bond acceptors (Lipinski definition) is 5. The van der Waals surface area contributed by atoms with E-state index in [4.69, 9.17) is 16.3 Å². The number of sulfonamides is 1. The minimum atomic E-state index is -4.06. The van der Waals surface area contributed by atoms with Gasteiger partial charge in [0.1, 0.15) is 9.94 Å². The van der Waals surface area contributed by atoms with Crippen LogP contribution in [0, 0.1) is 5.82 Å². The zero-order chi connectivity index (χ0) is 19.8. The van der Waals surface area contributed by atoms with Crippen molar-refractivity contribution in [3.8, 4) is 0 Å². The van der Waals surface area contributed by atoms with Gasteiger partial charge in [0.25, 0.3) is 10.0 Å². The molecule has 10 heteroatoms. The van der Waals surface area contributed by atoms with Crippen LogP contribution in [0.4, 0.5) is 9.18 Å². The summed E-state index contributed by atoms with van der Waals surface area (Å²) in [6.07, 6.45) is -0.661. The molecule has 0 atom stereocenters. The molecule has 1 amide bonds. The van der Waals surface area contributed by atoms with E-state index in [0.717, 1.165) is 4.90 Å². The van der Waals surface area contributed by atoms with Gasteiger partial charge in [0.05, 0.1) is 6.54 Å². The van der Waals surface area contributed by atoms with Crippen molar-refractivity contribution in [1.29, 1.82) is 0 Å². The van der Waals surface area contributed by atoms with Gasteiger partial charge in [0.15, 0.2) is 10.0 Å². The smallest absolute Gasteiger partial charge is 0.410 e. The first kappa shape index (κ1) is 22.1. The van der Waals surface area contributed by atoms with Crippen LogP contribution in [0.15, 0.2) is 4.21 Å². The molecule has 0 aliphatic heterocycles. The van der Waals surface area contributed by atoms with E-state index >= 15 is 0 Å². The van der Waals surface area contributed by atoms with Crippen molar-refractivity contribution in [3.05, 3.63) is 15.7 Å². The number of amides is 1. The molecular weight excluding hydrogens is 391 g/mol. The number of carbonyl (C=O) groups excluding carboxylic acids is 1. The lowest BCUT2D eigenvalue weighted by Gasteiger charge is -2.24. The fraction of sp³-hybridized carbons (Fsp3) is 0.667. The first-order valence-electron chi connectivity index (χ1n) is 7.48. The number of nitrogens with one attached hydrogen (secondary N) is 1. The Labute approximate surface area is 157 Å². The summed E-state index contributed by atoms with van der Waals surface area (Å²) in [4.78, 5) is 13.1. The molecule has 0 saturated carbocycles. The second-order valence-corrected chi connectivity index (χ2v) is 11.1. The third-order valence-corrected chi connectivity index (χ3v) is 6.36. The average Bonchev–Trinajstić information content (AvgIpc) is 2.62. The van der Waals surface area contributed by atoms with Crippen LogP contribution in [0.5, 0.6) is 0 Å². The van der Waals surface area contributed by atoms with E-state index in [2.05, 4.69) is 4.72 Å². The fourth-order valence-electron chi connectivity index (χ4n) is 1.79. The van der Waals surface area contributed by atoms with Crippen molar-refractivity contribution in [1.82, 2.24) is 9.62 Å². The molecule has 1 N–H and O–H groups in total. The molecule has 1 aromatic heterocycles. The topological polar surface area (TPSA) is 75.7 Å². The fourth-order valence-corrected chi connectivity index (χ4v) is 5.03. The highest BCUT2D eigenvalue weighted by Gasteiger charge is 2.31. The highest BCUT2D eigenvalue weighted by atomic mass is 35.5. The first-order valence-corrected chi connectivity index (χ1v) is 10.2. The van der Waals surface area contributed by atoms with Crippen molar-refractivity contribution in [2.24, 2.45) is 0 Å². The largest absolute Gasteiger partial charge is 0.444 e. The van der Waals surface area contributed by atoms with Crippen molar-refractivity contribution in [2.45, 2.75) is 63.4 Å². The summed E-state index contributed by atoms with van der Waals surface area (Å²) in [5, 5.41) is 0. The lowest BCUT2D eigenvalue weighted by Crippen LogP contribution is -2.40. The Bertz CT molecular complexity index is 749. The summed E-state index contributed by atoms with van der Waals surface area (Å²) in [5.41, 5.74) is -1.53. The van der Waals surface area contributed by atoms with Gasteiger partial charge in [0.2, 0.25) is 0 Å². The molecule has 0 aromatic carbocycles. The number of ether oxygens (including phenoxy) is 1. The van der Waals surface area contributed by atoms with Gasteiger partial charge in [-0.15, -0.1) is 11.3 Å². The van der Waals surface area contributed by atoms with E-state index < -0.39 is 37.3 Å². The van der Waals surface area contributed by atoms with E-state index in [1.807, 2.05) is 0 Å². The average molecular weight is 415 g/mol. The highest BCUT2D eigenvalue weighted by molar-refractivity contribution is 7.91. The molecule has 144 valence electrons. The van der Waals surface area contributed by atoms with Crippen LogP contribution in [0.2, 0.25) is 4.34 Å². The lowest BCUT2D eigenvalue weighted by molar-refractivity contribution is 0.0284. The van der Waals surface area contributed by atoms with Crippen LogP contribution >= 0.6 is 22.9 Å². The van der Waals surface area contributed by atoms with Gasteiger partial charge in [-0.1, -0.05) is 11.6 Å². The highest BCUT2D eigenvalue weighted by Crippen LogP contribution is 2.36. The summed E-state index contributed by atoms with van der Waals surface area (Å²) >= 11 is 6.63.